The van der Waals surface area contributed by atoms with Gasteiger partial charge in [0.2, 0.25) is 0 Å². The van der Waals surface area contributed by atoms with Gasteiger partial charge in [-0.25, -0.2) is 0 Å². The van der Waals surface area contributed by atoms with E-state index in [1.807, 2.05) is 42.1 Å². The number of hydrogen-bond acceptors (Lipinski definition) is 10. The molecular weight excluding hydrogens is 524 g/mol. The highest BCUT2D eigenvalue weighted by atomic mass is 16.6. The van der Waals surface area contributed by atoms with Crippen LogP contribution in [-0.4, -0.2) is 93.7 Å². The van der Waals surface area contributed by atoms with Gasteiger partial charge in [0, 0.05) is 49.7 Å². The largest absolute Gasteiger partial charge is 0.388 e. The van der Waals surface area contributed by atoms with Crippen molar-refractivity contribution in [1.29, 1.82) is 0 Å². The highest BCUT2D eigenvalue weighted by Gasteiger charge is 2.27. The number of carbonyl (C=O) groups excluding carboxylic acids is 1. The number of anilines is 1. The van der Waals surface area contributed by atoms with Crippen molar-refractivity contribution in [3.05, 3.63) is 71.1 Å². The van der Waals surface area contributed by atoms with E-state index in [4.69, 9.17) is 14.5 Å². The Morgan fingerprint density at radius 2 is 2.10 bits per heavy atom. The van der Waals surface area contributed by atoms with Crippen LogP contribution in [0.5, 0.6) is 0 Å². The molecule has 12 nitrogen and oxygen atoms in total. The lowest BCUT2D eigenvalue weighted by molar-refractivity contribution is -0.0127. The Hall–Kier alpha value is -3.71. The van der Waals surface area contributed by atoms with Crippen LogP contribution in [-0.2, 0) is 35.5 Å². The van der Waals surface area contributed by atoms with E-state index in [-0.39, 0.29) is 12.0 Å². The first-order valence-corrected chi connectivity index (χ1v) is 14.1. The summed E-state index contributed by atoms with van der Waals surface area (Å²) in [6, 6.07) is 9.34. The van der Waals surface area contributed by atoms with Crippen LogP contribution in [0.4, 0.5) is 5.69 Å². The second-order valence-corrected chi connectivity index (χ2v) is 10.3. The summed E-state index contributed by atoms with van der Waals surface area (Å²) < 4.78 is 13.2. The smallest absolute Gasteiger partial charge is 0.251 e. The molecule has 5 rings (SSSR count). The summed E-state index contributed by atoms with van der Waals surface area (Å²) in [7, 11) is 2.04. The van der Waals surface area contributed by atoms with Gasteiger partial charge in [-0.05, 0) is 48.9 Å². The second-order valence-electron chi connectivity index (χ2n) is 10.3. The van der Waals surface area contributed by atoms with Gasteiger partial charge in [-0.2, -0.15) is 0 Å². The van der Waals surface area contributed by atoms with Crippen molar-refractivity contribution in [1.82, 2.24) is 30.0 Å². The number of aromatic nitrogens is 4. The van der Waals surface area contributed by atoms with Gasteiger partial charge in [0.05, 0.1) is 38.7 Å². The first kappa shape index (κ1) is 28.8. The number of ether oxygens (including phenoxy) is 2. The quantitative estimate of drug-likeness (QED) is 0.301. The number of aliphatic imine (C=N–C) groups is 1. The molecule has 2 unspecified atom stereocenters. The van der Waals surface area contributed by atoms with E-state index in [2.05, 4.69) is 37.6 Å². The minimum Gasteiger partial charge on any atom is -0.388 e. The fraction of sp³-hybridized carbons (Fsp3) is 0.483. The van der Waals surface area contributed by atoms with Gasteiger partial charge < -0.3 is 29.8 Å². The number of aliphatic hydroxyl groups excluding tert-OH is 1. The molecule has 4 heterocycles. The number of rotatable bonds is 12. The minimum absolute atomic E-state index is 0.145. The van der Waals surface area contributed by atoms with E-state index in [9.17, 15) is 9.90 Å². The summed E-state index contributed by atoms with van der Waals surface area (Å²) in [5.74, 6) is 1.32. The lowest BCUT2D eigenvalue weighted by Gasteiger charge is -2.21. The number of aryl methyl sites for hydroxylation is 1. The van der Waals surface area contributed by atoms with Crippen molar-refractivity contribution in [3.8, 4) is 0 Å². The van der Waals surface area contributed by atoms with Crippen molar-refractivity contribution in [2.45, 2.75) is 51.6 Å². The molecule has 3 N–H and O–H groups in total. The Kier molecular flexibility index (Phi) is 9.67. The van der Waals surface area contributed by atoms with Crippen LogP contribution in [0.3, 0.4) is 0 Å². The first-order chi connectivity index (χ1) is 20.0. The first-order valence-electron chi connectivity index (χ1n) is 14.1. The Morgan fingerprint density at radius 3 is 2.88 bits per heavy atom. The molecule has 3 aromatic rings. The lowest BCUT2D eigenvalue weighted by atomic mass is 10.1. The van der Waals surface area contributed by atoms with Crippen LogP contribution in [0.25, 0.3) is 0 Å². The SMILES string of the molecule is CCc1cnccc1CNC(=O)c1cccc(NCc2nnc(C3=NCN(C)CC3)n2CCOC2COCC2O)c1. The van der Waals surface area contributed by atoms with Crippen molar-refractivity contribution >= 4 is 17.3 Å². The van der Waals surface area contributed by atoms with Gasteiger partial charge >= 0.3 is 0 Å². The third-order valence-corrected chi connectivity index (χ3v) is 7.37. The van der Waals surface area contributed by atoms with Gasteiger partial charge in [-0.15, -0.1) is 10.2 Å². The Balaban J connectivity index is 1.24. The van der Waals surface area contributed by atoms with Crippen LogP contribution < -0.4 is 10.6 Å². The van der Waals surface area contributed by atoms with Gasteiger partial charge in [0.25, 0.3) is 5.91 Å². The molecular formula is C29H38N8O4. The Labute approximate surface area is 239 Å². The van der Waals surface area contributed by atoms with E-state index >= 15 is 0 Å². The summed E-state index contributed by atoms with van der Waals surface area (Å²) in [6.07, 6.45) is 4.28. The average Bonchev–Trinajstić information content (AvgIpc) is 3.61. The normalized spacial score (nSPS) is 19.2. The maximum atomic E-state index is 12.9. The van der Waals surface area contributed by atoms with Crippen LogP contribution in [0.15, 0.2) is 47.7 Å². The van der Waals surface area contributed by atoms with Gasteiger partial charge in [-0.3, -0.25) is 19.7 Å². The summed E-state index contributed by atoms with van der Waals surface area (Å²) in [5, 5.41) is 25.4. The highest BCUT2D eigenvalue weighted by Crippen LogP contribution is 2.16. The molecule has 1 saturated heterocycles. The molecule has 0 aliphatic carbocycles. The molecule has 1 amide bonds. The average molecular weight is 563 g/mol. The number of nitrogens with zero attached hydrogens (tertiary/aromatic N) is 6. The molecule has 2 aliphatic rings. The third-order valence-electron chi connectivity index (χ3n) is 7.37. The van der Waals surface area contributed by atoms with Crippen molar-refractivity contribution < 1.29 is 19.4 Å². The standard InChI is InChI=1S/C29H38N8O4/c1-3-20-14-30-9-7-22(20)15-32-29(39)21-5-4-6-23(13-21)31-16-27-34-35-28(24-8-10-36(2)19-33-24)37(27)11-12-41-26-18-40-17-25(26)38/h4-7,9,13-14,25-26,31,38H,3,8,10-12,15-19H2,1-2H3,(H,32,39). The number of nitrogens with one attached hydrogen (secondary N) is 2. The molecule has 1 fully saturated rings. The summed E-state index contributed by atoms with van der Waals surface area (Å²) in [6.45, 7) is 6.00. The van der Waals surface area contributed by atoms with Crippen LogP contribution in [0, 0.1) is 0 Å². The monoisotopic (exact) mass is 562 g/mol. The van der Waals surface area contributed by atoms with Crippen LogP contribution >= 0.6 is 0 Å². The molecule has 0 saturated carbocycles. The van der Waals surface area contributed by atoms with E-state index in [0.29, 0.717) is 51.7 Å². The van der Waals surface area contributed by atoms with Gasteiger partial charge in [0.15, 0.2) is 11.6 Å². The molecule has 12 heteroatoms. The van der Waals surface area contributed by atoms with Crippen molar-refractivity contribution in [2.75, 3.05) is 45.4 Å². The lowest BCUT2D eigenvalue weighted by Crippen LogP contribution is -2.31. The molecule has 2 atom stereocenters. The molecule has 218 valence electrons. The number of amides is 1. The second kappa shape index (κ2) is 13.8. The molecule has 1 aromatic carbocycles. The maximum Gasteiger partial charge on any atom is 0.251 e. The molecule has 41 heavy (non-hydrogen) atoms. The number of hydrogen-bond donors (Lipinski definition) is 3. The topological polar surface area (TPSA) is 139 Å². The summed E-state index contributed by atoms with van der Waals surface area (Å²) in [4.78, 5) is 23.9. The summed E-state index contributed by atoms with van der Waals surface area (Å²) >= 11 is 0. The van der Waals surface area contributed by atoms with Gasteiger partial charge in [0.1, 0.15) is 12.2 Å². The molecule has 0 bridgehead atoms. The fourth-order valence-corrected chi connectivity index (χ4v) is 4.90. The Bertz CT molecular complexity index is 1360. The fourth-order valence-electron chi connectivity index (χ4n) is 4.90. The zero-order valence-corrected chi connectivity index (χ0v) is 23.6. The highest BCUT2D eigenvalue weighted by molar-refractivity contribution is 5.98. The predicted octanol–water partition coefficient (Wildman–Crippen LogP) is 1.64. The molecule has 0 radical (unpaired) electrons. The van der Waals surface area contributed by atoms with E-state index in [0.717, 1.165) is 53.6 Å². The molecule has 0 spiro atoms. The zero-order valence-electron chi connectivity index (χ0n) is 23.6. The number of carbonyl (C=O) groups is 1. The Morgan fingerprint density at radius 1 is 1.20 bits per heavy atom. The third kappa shape index (κ3) is 7.33. The molecule has 2 aliphatic heterocycles. The van der Waals surface area contributed by atoms with Crippen LogP contribution in [0.2, 0.25) is 0 Å². The van der Waals surface area contributed by atoms with Crippen molar-refractivity contribution in [3.63, 3.8) is 0 Å². The van der Waals surface area contributed by atoms with E-state index < -0.39 is 6.10 Å². The summed E-state index contributed by atoms with van der Waals surface area (Å²) in [5.41, 5.74) is 4.47. The van der Waals surface area contributed by atoms with E-state index in [1.54, 1.807) is 12.3 Å². The number of aliphatic hydroxyl groups is 1. The van der Waals surface area contributed by atoms with Crippen molar-refractivity contribution in [2.24, 2.45) is 4.99 Å². The molecule has 2 aromatic heterocycles. The van der Waals surface area contributed by atoms with Crippen LogP contribution in [0.1, 0.15) is 46.5 Å². The predicted molar refractivity (Wildman–Crippen MR) is 154 cm³/mol. The number of pyridine rings is 1. The van der Waals surface area contributed by atoms with E-state index in [1.165, 1.54) is 0 Å². The number of benzene rings is 1. The van der Waals surface area contributed by atoms with Gasteiger partial charge in [-0.1, -0.05) is 13.0 Å². The zero-order chi connectivity index (χ0) is 28.6. The minimum atomic E-state index is -0.613. The maximum absolute atomic E-state index is 12.9.